The van der Waals surface area contributed by atoms with Gasteiger partial charge in [0.05, 0.1) is 31.0 Å². The summed E-state index contributed by atoms with van der Waals surface area (Å²) in [6, 6.07) is 0. The number of aliphatic hydroxyl groups excluding tert-OH is 1. The number of rotatable bonds is 12. The van der Waals surface area contributed by atoms with E-state index in [1.807, 2.05) is 34.6 Å². The van der Waals surface area contributed by atoms with Gasteiger partial charge in [-0.3, -0.25) is 14.4 Å². The Labute approximate surface area is 269 Å². The molecule has 3 saturated carbocycles. The number of hydrogen-bond donors (Lipinski definition) is 1. The van der Waals surface area contributed by atoms with E-state index in [1.54, 1.807) is 6.92 Å². The lowest BCUT2D eigenvalue weighted by Gasteiger charge is -2.40. The van der Waals surface area contributed by atoms with Gasteiger partial charge in [-0.25, -0.2) is 4.79 Å². The molecular formula is C36H58O9. The Kier molecular flexibility index (Phi) is 11.3. The molecule has 4 aliphatic rings. The van der Waals surface area contributed by atoms with Crippen LogP contribution in [0.4, 0.5) is 0 Å². The molecule has 1 heterocycles. The molecule has 3 aliphatic carbocycles. The summed E-state index contributed by atoms with van der Waals surface area (Å²) >= 11 is 0. The lowest BCUT2D eigenvalue weighted by Crippen LogP contribution is -2.42. The molecule has 45 heavy (non-hydrogen) atoms. The fraction of sp³-hybridized carbons (Fsp3) is 0.889. The molecule has 0 aromatic heterocycles. The van der Waals surface area contributed by atoms with E-state index >= 15 is 0 Å². The van der Waals surface area contributed by atoms with Crippen LogP contribution in [0.25, 0.3) is 0 Å². The van der Waals surface area contributed by atoms with Gasteiger partial charge < -0.3 is 24.1 Å². The molecule has 9 heteroatoms. The summed E-state index contributed by atoms with van der Waals surface area (Å²) in [5.41, 5.74) is -1.24. The van der Waals surface area contributed by atoms with E-state index in [1.165, 1.54) is 0 Å². The summed E-state index contributed by atoms with van der Waals surface area (Å²) in [6.07, 6.45) is 5.49. The molecule has 4 rings (SSSR count). The zero-order chi connectivity index (χ0) is 33.3. The van der Waals surface area contributed by atoms with Gasteiger partial charge in [0.2, 0.25) is 6.10 Å². The van der Waals surface area contributed by atoms with Gasteiger partial charge in [-0.2, -0.15) is 0 Å². The average Bonchev–Trinajstić information content (AvgIpc) is 3.62. The molecule has 1 N–H and O–H groups in total. The van der Waals surface area contributed by atoms with Gasteiger partial charge >= 0.3 is 23.9 Å². The molecule has 9 unspecified atom stereocenters. The monoisotopic (exact) mass is 634 g/mol. The van der Waals surface area contributed by atoms with Crippen LogP contribution in [0.15, 0.2) is 0 Å². The molecule has 0 radical (unpaired) electrons. The zero-order valence-corrected chi connectivity index (χ0v) is 28.8. The first kappa shape index (κ1) is 35.7. The molecule has 0 amide bonds. The number of ether oxygens (including phenoxy) is 4. The molecule has 0 aromatic rings. The van der Waals surface area contributed by atoms with E-state index < -0.39 is 53.2 Å². The first-order valence-electron chi connectivity index (χ1n) is 17.4. The second kappa shape index (κ2) is 14.3. The maximum atomic E-state index is 14.1. The van der Waals surface area contributed by atoms with E-state index in [-0.39, 0.29) is 49.1 Å². The highest BCUT2D eigenvalue weighted by Gasteiger charge is 2.54. The summed E-state index contributed by atoms with van der Waals surface area (Å²) < 4.78 is 22.3. The van der Waals surface area contributed by atoms with Crippen LogP contribution in [0.1, 0.15) is 120 Å². The van der Waals surface area contributed by atoms with E-state index in [0.717, 1.165) is 38.5 Å². The number of carbonyl (C=O) groups is 4. The van der Waals surface area contributed by atoms with Gasteiger partial charge in [0, 0.05) is 6.42 Å². The largest absolute Gasteiger partial charge is 0.463 e. The van der Waals surface area contributed by atoms with Crippen molar-refractivity contribution in [1.29, 1.82) is 0 Å². The molecule has 0 spiro atoms. The number of aliphatic hydroxyl groups is 1. The Morgan fingerprint density at radius 3 is 2.20 bits per heavy atom. The van der Waals surface area contributed by atoms with Gasteiger partial charge in [-0.15, -0.1) is 0 Å². The van der Waals surface area contributed by atoms with Gasteiger partial charge in [0.15, 0.2) is 0 Å². The highest BCUT2D eigenvalue weighted by atomic mass is 16.6. The van der Waals surface area contributed by atoms with Gasteiger partial charge in [0.25, 0.3) is 0 Å². The Balaban J connectivity index is 1.47. The van der Waals surface area contributed by atoms with Gasteiger partial charge in [0.1, 0.15) is 11.2 Å². The third kappa shape index (κ3) is 9.01. The lowest BCUT2D eigenvalue weighted by atomic mass is 9.68. The zero-order valence-electron chi connectivity index (χ0n) is 28.8. The standard InChI is InChI=1S/C36H58O9/c1-20-9-11-25(12-10-20)36(7,8)45-33(40)24(15-21(2)32(39)43-30-13-14-42-34(30)41)18-26-22(3)23-16-27(26)28(17-23)29(37)19-31(38)44-35(4,5)6/h20-30,37H,9-19H2,1-8H3. The molecule has 1 aliphatic heterocycles. The van der Waals surface area contributed by atoms with Gasteiger partial charge in [-0.1, -0.05) is 33.6 Å². The van der Waals surface area contributed by atoms with E-state index in [2.05, 4.69) is 13.8 Å². The van der Waals surface area contributed by atoms with Crippen molar-refractivity contribution in [3.63, 3.8) is 0 Å². The molecule has 9 nitrogen and oxygen atoms in total. The van der Waals surface area contributed by atoms with Crippen molar-refractivity contribution >= 4 is 23.9 Å². The van der Waals surface area contributed by atoms with E-state index in [4.69, 9.17) is 18.9 Å². The van der Waals surface area contributed by atoms with Crippen LogP contribution in [0, 0.1) is 53.3 Å². The number of esters is 4. The molecular weight excluding hydrogens is 576 g/mol. The summed E-state index contributed by atoms with van der Waals surface area (Å²) in [6.45, 7) is 15.9. The minimum atomic E-state index is -0.893. The molecule has 256 valence electrons. The molecule has 2 bridgehead atoms. The van der Waals surface area contributed by atoms with Crippen LogP contribution < -0.4 is 0 Å². The number of fused-ring (bicyclic) bond motifs is 2. The summed E-state index contributed by atoms with van der Waals surface area (Å²) in [5, 5.41) is 11.2. The van der Waals surface area contributed by atoms with Crippen LogP contribution in [0.2, 0.25) is 0 Å². The van der Waals surface area contributed by atoms with Crippen LogP contribution in [0.3, 0.4) is 0 Å². The SMILES string of the molecule is CC1CCC(C(C)(C)OC(=O)C(CC(C)C(=O)OC2CCOC2=O)CC2C(C)C3CC(C(O)CC(=O)OC(C)(C)C)C2C3)CC1. The predicted octanol–water partition coefficient (Wildman–Crippen LogP) is 6.03. The Morgan fingerprint density at radius 1 is 0.956 bits per heavy atom. The minimum Gasteiger partial charge on any atom is -0.463 e. The van der Waals surface area contributed by atoms with Crippen molar-refractivity contribution in [3.8, 4) is 0 Å². The van der Waals surface area contributed by atoms with Crippen molar-refractivity contribution in [3.05, 3.63) is 0 Å². The Hall–Kier alpha value is -2.16. The van der Waals surface area contributed by atoms with Crippen molar-refractivity contribution < 1.29 is 43.2 Å². The maximum Gasteiger partial charge on any atom is 0.347 e. The normalized spacial score (nSPS) is 33.7. The average molecular weight is 635 g/mol. The second-order valence-corrected chi connectivity index (χ2v) is 16.4. The van der Waals surface area contributed by atoms with Crippen molar-refractivity contribution in [1.82, 2.24) is 0 Å². The first-order chi connectivity index (χ1) is 20.9. The summed E-state index contributed by atoms with van der Waals surface area (Å²) in [5.74, 6) is -0.900. The maximum absolute atomic E-state index is 14.1. The van der Waals surface area contributed by atoms with Crippen molar-refractivity contribution in [2.45, 2.75) is 143 Å². The number of hydrogen-bond acceptors (Lipinski definition) is 9. The van der Waals surface area contributed by atoms with Crippen molar-refractivity contribution in [2.24, 2.45) is 53.3 Å². The Morgan fingerprint density at radius 2 is 1.62 bits per heavy atom. The van der Waals surface area contributed by atoms with Crippen LogP contribution in [-0.4, -0.2) is 59.0 Å². The third-order valence-corrected chi connectivity index (χ3v) is 11.4. The fourth-order valence-corrected chi connectivity index (χ4v) is 8.71. The Bertz CT molecular complexity index is 1070. The van der Waals surface area contributed by atoms with E-state index in [0.29, 0.717) is 30.6 Å². The summed E-state index contributed by atoms with van der Waals surface area (Å²) in [7, 11) is 0. The van der Waals surface area contributed by atoms with Crippen LogP contribution in [0.5, 0.6) is 0 Å². The quantitative estimate of drug-likeness (QED) is 0.202. The molecule has 0 aromatic carbocycles. The van der Waals surface area contributed by atoms with Gasteiger partial charge in [-0.05, 0) is 115 Å². The predicted molar refractivity (Wildman–Crippen MR) is 167 cm³/mol. The lowest BCUT2D eigenvalue weighted by molar-refractivity contribution is -0.172. The molecule has 4 fully saturated rings. The van der Waals surface area contributed by atoms with Crippen molar-refractivity contribution in [2.75, 3.05) is 6.61 Å². The van der Waals surface area contributed by atoms with Crippen LogP contribution >= 0.6 is 0 Å². The number of cyclic esters (lactones) is 1. The fourth-order valence-electron chi connectivity index (χ4n) is 8.71. The third-order valence-electron chi connectivity index (χ3n) is 11.4. The minimum absolute atomic E-state index is 0.0433. The second-order valence-electron chi connectivity index (χ2n) is 16.4. The highest BCUT2D eigenvalue weighted by Crippen LogP contribution is 2.58. The molecule has 9 atom stereocenters. The first-order valence-corrected chi connectivity index (χ1v) is 17.4. The topological polar surface area (TPSA) is 125 Å². The summed E-state index contributed by atoms with van der Waals surface area (Å²) in [4.78, 5) is 51.6. The smallest absolute Gasteiger partial charge is 0.347 e. The van der Waals surface area contributed by atoms with Crippen LogP contribution in [-0.2, 0) is 38.1 Å². The highest BCUT2D eigenvalue weighted by molar-refractivity contribution is 5.82. The van der Waals surface area contributed by atoms with E-state index in [9.17, 15) is 24.3 Å². The molecule has 1 saturated heterocycles. The number of carbonyl (C=O) groups excluding carboxylic acids is 4.